The van der Waals surface area contributed by atoms with Crippen LogP contribution in [-0.2, 0) is 0 Å². The zero-order valence-electron chi connectivity index (χ0n) is 21.3. The SMILES string of the molecule is CCCCCCOc1ccc([C@H]2Oc3ccc(OC)cc3[C@@H]3CC(c4ccc(OC)cc4)=NN23)cc1. The molecule has 188 valence electrons. The minimum Gasteiger partial charge on any atom is -0.497 e. The van der Waals surface area contributed by atoms with Crippen molar-refractivity contribution in [1.29, 1.82) is 0 Å². The molecule has 3 aromatic rings. The monoisotopic (exact) mass is 486 g/mol. The van der Waals surface area contributed by atoms with E-state index in [1.54, 1.807) is 14.2 Å². The van der Waals surface area contributed by atoms with Gasteiger partial charge in [-0.15, -0.1) is 0 Å². The summed E-state index contributed by atoms with van der Waals surface area (Å²) in [5.74, 6) is 3.40. The number of ether oxygens (including phenoxy) is 4. The van der Waals surface area contributed by atoms with E-state index in [4.69, 9.17) is 24.0 Å². The fourth-order valence-electron chi connectivity index (χ4n) is 4.82. The van der Waals surface area contributed by atoms with Crippen LogP contribution in [0.4, 0.5) is 0 Å². The van der Waals surface area contributed by atoms with Gasteiger partial charge in [0.15, 0.2) is 0 Å². The fraction of sp³-hybridized carbons (Fsp3) is 0.367. The molecule has 0 bridgehead atoms. The molecule has 2 aliphatic rings. The number of hydrazone groups is 1. The molecule has 6 heteroatoms. The summed E-state index contributed by atoms with van der Waals surface area (Å²) in [7, 11) is 3.37. The second-order valence-corrected chi connectivity index (χ2v) is 9.23. The van der Waals surface area contributed by atoms with E-state index in [2.05, 4.69) is 42.3 Å². The van der Waals surface area contributed by atoms with Gasteiger partial charge in [0.2, 0.25) is 6.23 Å². The summed E-state index contributed by atoms with van der Waals surface area (Å²) in [5.41, 5.74) is 4.24. The molecule has 0 N–H and O–H groups in total. The van der Waals surface area contributed by atoms with Crippen LogP contribution in [0.1, 0.15) is 68.0 Å². The number of nitrogens with zero attached hydrogens (tertiary/aromatic N) is 2. The summed E-state index contributed by atoms with van der Waals surface area (Å²) in [5, 5.41) is 7.15. The molecule has 2 atom stereocenters. The molecule has 5 rings (SSSR count). The van der Waals surface area contributed by atoms with Gasteiger partial charge in [0.05, 0.1) is 32.6 Å². The Morgan fingerprint density at radius 2 is 1.58 bits per heavy atom. The molecule has 0 amide bonds. The molecular weight excluding hydrogens is 452 g/mol. The van der Waals surface area contributed by atoms with Crippen LogP contribution in [0.25, 0.3) is 0 Å². The van der Waals surface area contributed by atoms with E-state index in [0.29, 0.717) is 0 Å². The lowest BCUT2D eigenvalue weighted by Crippen LogP contribution is -2.33. The Morgan fingerprint density at radius 3 is 2.31 bits per heavy atom. The van der Waals surface area contributed by atoms with E-state index in [9.17, 15) is 0 Å². The molecule has 36 heavy (non-hydrogen) atoms. The number of benzene rings is 3. The van der Waals surface area contributed by atoms with Gasteiger partial charge < -0.3 is 18.9 Å². The molecule has 0 spiro atoms. The van der Waals surface area contributed by atoms with Crippen LogP contribution in [-0.4, -0.2) is 31.5 Å². The lowest BCUT2D eigenvalue weighted by molar-refractivity contribution is -0.0191. The van der Waals surface area contributed by atoms with E-state index in [1.807, 2.05) is 36.4 Å². The van der Waals surface area contributed by atoms with Crippen molar-refractivity contribution in [2.24, 2.45) is 5.10 Å². The predicted octanol–water partition coefficient (Wildman–Crippen LogP) is 6.91. The Morgan fingerprint density at radius 1 is 0.861 bits per heavy atom. The molecule has 0 saturated heterocycles. The van der Waals surface area contributed by atoms with Gasteiger partial charge in [-0.3, -0.25) is 0 Å². The highest BCUT2D eigenvalue weighted by Gasteiger charge is 2.41. The van der Waals surface area contributed by atoms with Crippen LogP contribution in [0.3, 0.4) is 0 Å². The standard InChI is InChI=1S/C30H34N2O4/c1-4-5-6-7-18-35-24-14-10-22(11-15-24)30-32-28(26-19-25(34-3)16-17-29(26)36-30)20-27(31-32)21-8-12-23(33-2)13-9-21/h8-17,19,28,30H,4-7,18,20H2,1-3H3/t28-,30+/m0/s1. The number of fused-ring (bicyclic) bond motifs is 3. The van der Waals surface area contributed by atoms with Crippen LogP contribution in [0.2, 0.25) is 0 Å². The Bertz CT molecular complexity index is 1190. The third-order valence-corrected chi connectivity index (χ3v) is 6.85. The number of hydrogen-bond donors (Lipinski definition) is 0. The zero-order chi connectivity index (χ0) is 24.9. The largest absolute Gasteiger partial charge is 0.497 e. The first-order chi connectivity index (χ1) is 17.7. The fourth-order valence-corrected chi connectivity index (χ4v) is 4.82. The van der Waals surface area contributed by atoms with Crippen LogP contribution >= 0.6 is 0 Å². The van der Waals surface area contributed by atoms with Crippen molar-refractivity contribution >= 4 is 5.71 Å². The van der Waals surface area contributed by atoms with Crippen LogP contribution in [0.5, 0.6) is 23.0 Å². The zero-order valence-corrected chi connectivity index (χ0v) is 21.3. The minimum absolute atomic E-state index is 0.0560. The number of methoxy groups -OCH3 is 2. The summed E-state index contributed by atoms with van der Waals surface area (Å²) in [6.07, 6.45) is 5.23. The molecule has 0 aromatic heterocycles. The number of rotatable bonds is 10. The Balaban J connectivity index is 1.40. The van der Waals surface area contributed by atoms with Crippen molar-refractivity contribution < 1.29 is 18.9 Å². The molecule has 0 radical (unpaired) electrons. The van der Waals surface area contributed by atoms with Gasteiger partial charge in [0, 0.05) is 17.5 Å². The summed E-state index contributed by atoms with van der Waals surface area (Å²) in [6.45, 7) is 2.97. The molecule has 2 heterocycles. The quantitative estimate of drug-likeness (QED) is 0.292. The summed E-state index contributed by atoms with van der Waals surface area (Å²) >= 11 is 0. The van der Waals surface area contributed by atoms with Crippen LogP contribution in [0, 0.1) is 0 Å². The highest BCUT2D eigenvalue weighted by Crippen LogP contribution is 2.48. The van der Waals surface area contributed by atoms with E-state index in [-0.39, 0.29) is 12.3 Å². The van der Waals surface area contributed by atoms with Gasteiger partial charge in [-0.2, -0.15) is 5.10 Å². The van der Waals surface area contributed by atoms with Crippen LogP contribution in [0.15, 0.2) is 71.8 Å². The third-order valence-electron chi connectivity index (χ3n) is 6.85. The van der Waals surface area contributed by atoms with Crippen molar-refractivity contribution in [2.45, 2.75) is 51.3 Å². The number of hydrogen-bond acceptors (Lipinski definition) is 6. The molecule has 6 nitrogen and oxygen atoms in total. The van der Waals surface area contributed by atoms with Gasteiger partial charge in [0.1, 0.15) is 23.0 Å². The maximum atomic E-state index is 6.52. The van der Waals surface area contributed by atoms with Crippen molar-refractivity contribution in [3.05, 3.63) is 83.4 Å². The van der Waals surface area contributed by atoms with E-state index >= 15 is 0 Å². The molecule has 3 aromatic carbocycles. The second kappa shape index (κ2) is 10.9. The van der Waals surface area contributed by atoms with Crippen molar-refractivity contribution in [3.63, 3.8) is 0 Å². The van der Waals surface area contributed by atoms with Gasteiger partial charge >= 0.3 is 0 Å². The maximum Gasteiger partial charge on any atom is 0.213 e. The van der Waals surface area contributed by atoms with Crippen LogP contribution < -0.4 is 18.9 Å². The average molecular weight is 487 g/mol. The summed E-state index contributed by atoms with van der Waals surface area (Å²) in [6, 6.07) is 22.3. The topological polar surface area (TPSA) is 52.5 Å². The van der Waals surface area contributed by atoms with Crippen molar-refractivity contribution in [1.82, 2.24) is 5.01 Å². The van der Waals surface area contributed by atoms with Gasteiger partial charge in [-0.05, 0) is 78.7 Å². The lowest BCUT2D eigenvalue weighted by atomic mass is 9.95. The van der Waals surface area contributed by atoms with E-state index in [1.165, 1.54) is 19.3 Å². The molecule has 2 aliphatic heterocycles. The lowest BCUT2D eigenvalue weighted by Gasteiger charge is -2.38. The highest BCUT2D eigenvalue weighted by molar-refractivity contribution is 6.02. The predicted molar refractivity (Wildman–Crippen MR) is 141 cm³/mol. The highest BCUT2D eigenvalue weighted by atomic mass is 16.5. The van der Waals surface area contributed by atoms with Gasteiger partial charge in [0.25, 0.3) is 0 Å². The number of unbranched alkanes of at least 4 members (excludes halogenated alkanes) is 3. The average Bonchev–Trinajstić information content (AvgIpc) is 3.38. The Hall–Kier alpha value is -3.67. The molecule has 0 saturated carbocycles. The first kappa shape index (κ1) is 24.0. The maximum absolute atomic E-state index is 6.52. The minimum atomic E-state index is -0.328. The summed E-state index contributed by atoms with van der Waals surface area (Å²) in [4.78, 5) is 0. The Labute approximate surface area is 213 Å². The van der Waals surface area contributed by atoms with E-state index in [0.717, 1.165) is 64.8 Å². The molecule has 0 unspecified atom stereocenters. The first-order valence-electron chi connectivity index (χ1n) is 12.8. The second-order valence-electron chi connectivity index (χ2n) is 9.23. The van der Waals surface area contributed by atoms with Crippen molar-refractivity contribution in [3.8, 4) is 23.0 Å². The first-order valence-corrected chi connectivity index (χ1v) is 12.8. The molecule has 0 fully saturated rings. The smallest absolute Gasteiger partial charge is 0.213 e. The molecular formula is C30H34N2O4. The summed E-state index contributed by atoms with van der Waals surface area (Å²) < 4.78 is 23.3. The third kappa shape index (κ3) is 4.99. The van der Waals surface area contributed by atoms with E-state index < -0.39 is 0 Å². The Kier molecular flexibility index (Phi) is 7.31. The normalized spacial score (nSPS) is 18.1. The van der Waals surface area contributed by atoms with Crippen molar-refractivity contribution in [2.75, 3.05) is 20.8 Å². The van der Waals surface area contributed by atoms with Gasteiger partial charge in [-0.1, -0.05) is 26.2 Å². The van der Waals surface area contributed by atoms with Gasteiger partial charge in [-0.25, -0.2) is 5.01 Å². The molecule has 0 aliphatic carbocycles.